The summed E-state index contributed by atoms with van der Waals surface area (Å²) in [5, 5.41) is 7.47. The molecule has 2 N–H and O–H groups in total. The first-order valence-corrected chi connectivity index (χ1v) is 9.09. The summed E-state index contributed by atoms with van der Waals surface area (Å²) in [4.78, 5) is 0. The lowest BCUT2D eigenvalue weighted by Crippen LogP contribution is -2.44. The van der Waals surface area contributed by atoms with Gasteiger partial charge < -0.3 is 15.4 Å². The van der Waals surface area contributed by atoms with Crippen LogP contribution >= 0.6 is 28.1 Å². The molecule has 1 atom stereocenters. The summed E-state index contributed by atoms with van der Waals surface area (Å²) in [6, 6.07) is 14.8. The van der Waals surface area contributed by atoms with E-state index >= 15 is 0 Å². The van der Waals surface area contributed by atoms with Crippen molar-refractivity contribution in [2.24, 2.45) is 0 Å². The highest BCUT2D eigenvalue weighted by molar-refractivity contribution is 9.10. The fraction of sp³-hybridized carbons (Fsp3) is 0.211. The molecule has 0 spiro atoms. The molecule has 0 radical (unpaired) electrons. The Morgan fingerprint density at radius 3 is 2.67 bits per heavy atom. The predicted octanol–water partition coefficient (Wildman–Crippen LogP) is 4.33. The van der Waals surface area contributed by atoms with Crippen molar-refractivity contribution in [3.8, 4) is 5.75 Å². The largest absolute Gasteiger partial charge is 0.497 e. The minimum absolute atomic E-state index is 0.122. The van der Waals surface area contributed by atoms with Gasteiger partial charge in [-0.1, -0.05) is 28.1 Å². The maximum absolute atomic E-state index is 5.46. The Bertz CT molecular complexity index is 845. The first-order chi connectivity index (χ1) is 11.7. The Hall–Kier alpha value is -1.85. The first kappa shape index (κ1) is 15.7. The zero-order valence-electron chi connectivity index (χ0n) is 13.2. The van der Waals surface area contributed by atoms with Crippen LogP contribution in [0.4, 0.5) is 0 Å². The molecule has 0 amide bonds. The molecular weight excluding hydrogens is 384 g/mol. The lowest BCUT2D eigenvalue weighted by molar-refractivity contribution is 0.414. The minimum atomic E-state index is 0.122. The SMILES string of the molecule is COc1ccc2c(c1)CCC1=C2NC(=S)N[C@H]1c1ccc(Br)cc1. The maximum Gasteiger partial charge on any atom is 0.171 e. The number of fused-ring (bicyclic) bond motifs is 2. The summed E-state index contributed by atoms with van der Waals surface area (Å²) in [6.45, 7) is 0. The van der Waals surface area contributed by atoms with Gasteiger partial charge in [0.2, 0.25) is 0 Å². The molecule has 0 aromatic heterocycles. The number of aryl methyl sites for hydroxylation is 1. The van der Waals surface area contributed by atoms with Crippen LogP contribution in [0.2, 0.25) is 0 Å². The van der Waals surface area contributed by atoms with E-state index in [1.54, 1.807) is 7.11 Å². The minimum Gasteiger partial charge on any atom is -0.497 e. The number of ether oxygens (including phenoxy) is 1. The third kappa shape index (κ3) is 2.72. The molecule has 2 aliphatic rings. The van der Waals surface area contributed by atoms with E-state index in [-0.39, 0.29) is 6.04 Å². The van der Waals surface area contributed by atoms with Crippen molar-refractivity contribution in [1.82, 2.24) is 10.6 Å². The predicted molar refractivity (Wildman–Crippen MR) is 104 cm³/mol. The maximum atomic E-state index is 5.46. The van der Waals surface area contributed by atoms with Crippen LogP contribution in [0.3, 0.4) is 0 Å². The van der Waals surface area contributed by atoms with Crippen LogP contribution < -0.4 is 15.4 Å². The first-order valence-electron chi connectivity index (χ1n) is 7.89. The van der Waals surface area contributed by atoms with E-state index in [9.17, 15) is 0 Å². The van der Waals surface area contributed by atoms with E-state index in [0.29, 0.717) is 5.11 Å². The number of benzene rings is 2. The summed E-state index contributed by atoms with van der Waals surface area (Å²) in [7, 11) is 1.71. The average Bonchev–Trinajstić information content (AvgIpc) is 2.61. The summed E-state index contributed by atoms with van der Waals surface area (Å²) < 4.78 is 6.44. The zero-order valence-corrected chi connectivity index (χ0v) is 15.6. The normalized spacial score (nSPS) is 19.1. The molecule has 5 heteroatoms. The van der Waals surface area contributed by atoms with Crippen molar-refractivity contribution in [2.45, 2.75) is 18.9 Å². The molecule has 0 fully saturated rings. The number of rotatable bonds is 2. The van der Waals surface area contributed by atoms with E-state index in [0.717, 1.165) is 28.8 Å². The van der Waals surface area contributed by atoms with Crippen molar-refractivity contribution in [3.63, 3.8) is 0 Å². The van der Waals surface area contributed by atoms with E-state index in [1.165, 1.54) is 22.3 Å². The molecule has 24 heavy (non-hydrogen) atoms. The molecular formula is C19H17BrN2OS. The smallest absolute Gasteiger partial charge is 0.171 e. The topological polar surface area (TPSA) is 33.3 Å². The van der Waals surface area contributed by atoms with Crippen LogP contribution in [-0.2, 0) is 6.42 Å². The van der Waals surface area contributed by atoms with Gasteiger partial charge in [-0.2, -0.15) is 0 Å². The van der Waals surface area contributed by atoms with Crippen molar-refractivity contribution >= 4 is 39.0 Å². The van der Waals surface area contributed by atoms with Crippen LogP contribution in [0, 0.1) is 0 Å². The van der Waals surface area contributed by atoms with Gasteiger partial charge in [-0.15, -0.1) is 0 Å². The summed E-state index contributed by atoms with van der Waals surface area (Å²) in [6.07, 6.45) is 2.01. The van der Waals surface area contributed by atoms with Gasteiger partial charge in [0.15, 0.2) is 5.11 Å². The standard InChI is InChI=1S/C19H17BrN2OS/c1-23-14-7-9-15-12(10-14)4-8-16-17(21-19(24)22-18(15)16)11-2-5-13(20)6-3-11/h2-3,5-7,9-10,17H,4,8H2,1H3,(H2,21,22,24)/t17-/m0/s1. The second kappa shape index (κ2) is 6.22. The molecule has 1 aliphatic heterocycles. The van der Waals surface area contributed by atoms with Gasteiger partial charge >= 0.3 is 0 Å². The van der Waals surface area contributed by atoms with Gasteiger partial charge in [0.1, 0.15) is 5.75 Å². The fourth-order valence-electron chi connectivity index (χ4n) is 3.46. The number of methoxy groups -OCH3 is 1. The highest BCUT2D eigenvalue weighted by atomic mass is 79.9. The summed E-state index contributed by atoms with van der Waals surface area (Å²) >= 11 is 8.97. The van der Waals surface area contributed by atoms with Crippen LogP contribution in [-0.4, -0.2) is 12.2 Å². The molecule has 2 aromatic rings. The Kier molecular flexibility index (Phi) is 4.06. The molecule has 0 bridgehead atoms. The van der Waals surface area contributed by atoms with Gasteiger partial charge in [0, 0.05) is 15.7 Å². The fourth-order valence-corrected chi connectivity index (χ4v) is 3.94. The summed E-state index contributed by atoms with van der Waals surface area (Å²) in [5.41, 5.74) is 6.27. The van der Waals surface area contributed by atoms with Gasteiger partial charge in [0.05, 0.1) is 13.2 Å². The molecule has 3 nitrogen and oxygen atoms in total. The second-order valence-electron chi connectivity index (χ2n) is 6.01. The Labute approximate surface area is 155 Å². The Morgan fingerprint density at radius 1 is 1.12 bits per heavy atom. The number of thiocarbonyl (C=S) groups is 1. The lowest BCUT2D eigenvalue weighted by atomic mass is 9.83. The lowest BCUT2D eigenvalue weighted by Gasteiger charge is -2.36. The highest BCUT2D eigenvalue weighted by Crippen LogP contribution is 2.39. The van der Waals surface area contributed by atoms with Crippen LogP contribution in [0.25, 0.3) is 5.70 Å². The molecule has 4 rings (SSSR count). The van der Waals surface area contributed by atoms with Gasteiger partial charge in [0.25, 0.3) is 0 Å². The van der Waals surface area contributed by atoms with Crippen molar-refractivity contribution in [2.75, 3.05) is 7.11 Å². The van der Waals surface area contributed by atoms with Crippen LogP contribution in [0.5, 0.6) is 5.75 Å². The van der Waals surface area contributed by atoms with Crippen molar-refractivity contribution < 1.29 is 4.74 Å². The van der Waals surface area contributed by atoms with E-state index in [4.69, 9.17) is 17.0 Å². The summed E-state index contributed by atoms with van der Waals surface area (Å²) in [5.74, 6) is 0.902. The molecule has 1 aliphatic carbocycles. The number of hydrogen-bond acceptors (Lipinski definition) is 2. The Morgan fingerprint density at radius 2 is 1.92 bits per heavy atom. The average molecular weight is 401 g/mol. The molecule has 1 heterocycles. The van der Waals surface area contributed by atoms with Crippen LogP contribution in [0.1, 0.15) is 29.2 Å². The third-order valence-corrected chi connectivity index (χ3v) is 5.38. The number of nitrogens with one attached hydrogen (secondary N) is 2. The molecule has 2 aromatic carbocycles. The molecule has 0 unspecified atom stereocenters. The van der Waals surface area contributed by atoms with Crippen LogP contribution in [0.15, 0.2) is 52.5 Å². The second-order valence-corrected chi connectivity index (χ2v) is 7.33. The highest BCUT2D eigenvalue weighted by Gasteiger charge is 2.30. The van der Waals surface area contributed by atoms with E-state index in [2.05, 4.69) is 63.0 Å². The molecule has 0 saturated carbocycles. The monoisotopic (exact) mass is 400 g/mol. The molecule has 122 valence electrons. The number of halogens is 1. The van der Waals surface area contributed by atoms with Crippen molar-refractivity contribution in [3.05, 3.63) is 69.2 Å². The van der Waals surface area contributed by atoms with Gasteiger partial charge in [-0.25, -0.2) is 0 Å². The Balaban J connectivity index is 1.81. The third-order valence-electron chi connectivity index (χ3n) is 4.63. The van der Waals surface area contributed by atoms with Gasteiger partial charge in [-0.3, -0.25) is 0 Å². The van der Waals surface area contributed by atoms with Gasteiger partial charge in [-0.05, 0) is 72.1 Å². The zero-order chi connectivity index (χ0) is 16.7. The van der Waals surface area contributed by atoms with Crippen molar-refractivity contribution in [1.29, 1.82) is 0 Å². The number of hydrogen-bond donors (Lipinski definition) is 2. The van der Waals surface area contributed by atoms with E-state index in [1.807, 2.05) is 6.07 Å². The van der Waals surface area contributed by atoms with E-state index < -0.39 is 0 Å². The molecule has 0 saturated heterocycles. The quantitative estimate of drug-likeness (QED) is 0.734.